The lowest BCUT2D eigenvalue weighted by molar-refractivity contribution is -0.113. The van der Waals surface area contributed by atoms with Crippen LogP contribution in [0.25, 0.3) is 5.69 Å². The van der Waals surface area contributed by atoms with E-state index in [2.05, 4.69) is 52.9 Å². The molecule has 0 bridgehead atoms. The third-order valence-electron chi connectivity index (χ3n) is 6.28. The molecule has 0 aliphatic rings. The quantitative estimate of drug-likeness (QED) is 0.247. The van der Waals surface area contributed by atoms with Gasteiger partial charge in [0.05, 0.1) is 25.1 Å². The maximum absolute atomic E-state index is 12.9. The molecule has 0 unspecified atom stereocenters. The minimum absolute atomic E-state index is 0.131. The van der Waals surface area contributed by atoms with Crippen LogP contribution < -0.4 is 15.4 Å². The number of para-hydroxylation sites is 1. The van der Waals surface area contributed by atoms with E-state index in [9.17, 15) is 9.59 Å². The Bertz CT molecular complexity index is 1430. The molecule has 0 atom stereocenters. The van der Waals surface area contributed by atoms with Gasteiger partial charge in [0, 0.05) is 11.3 Å². The maximum Gasteiger partial charge on any atom is 0.251 e. The van der Waals surface area contributed by atoms with Crippen LogP contribution in [0.1, 0.15) is 46.7 Å². The summed E-state index contributed by atoms with van der Waals surface area (Å²) in [4.78, 5) is 25.6. The van der Waals surface area contributed by atoms with Crippen LogP contribution in [0.5, 0.6) is 5.75 Å². The van der Waals surface area contributed by atoms with Crippen LogP contribution in [0, 0.1) is 6.92 Å². The average Bonchev–Trinajstić information content (AvgIpc) is 3.36. The number of rotatable bonds is 11. The Morgan fingerprint density at radius 2 is 1.64 bits per heavy atom. The Morgan fingerprint density at radius 3 is 2.28 bits per heavy atom. The zero-order valence-electron chi connectivity index (χ0n) is 22.7. The predicted octanol–water partition coefficient (Wildman–Crippen LogP) is 5.37. The van der Waals surface area contributed by atoms with Crippen molar-refractivity contribution in [2.75, 3.05) is 18.2 Å². The van der Waals surface area contributed by atoms with Crippen molar-refractivity contribution in [3.63, 3.8) is 0 Å². The molecule has 0 aliphatic carbocycles. The molecular weight excluding hydrogens is 510 g/mol. The van der Waals surface area contributed by atoms with Crippen molar-refractivity contribution >= 4 is 29.3 Å². The van der Waals surface area contributed by atoms with Crippen molar-refractivity contribution in [3.8, 4) is 11.4 Å². The van der Waals surface area contributed by atoms with E-state index in [0.29, 0.717) is 22.3 Å². The highest BCUT2D eigenvalue weighted by Crippen LogP contribution is 2.28. The Kier molecular flexibility index (Phi) is 9.38. The second-order valence-electron chi connectivity index (χ2n) is 8.98. The van der Waals surface area contributed by atoms with E-state index in [1.807, 2.05) is 35.8 Å². The van der Waals surface area contributed by atoms with Crippen molar-refractivity contribution in [3.05, 3.63) is 94.8 Å². The van der Waals surface area contributed by atoms with Gasteiger partial charge in [-0.25, -0.2) is 0 Å². The number of benzene rings is 3. The number of ether oxygens (including phenoxy) is 1. The first-order chi connectivity index (χ1) is 18.9. The van der Waals surface area contributed by atoms with Gasteiger partial charge in [-0.15, -0.1) is 10.2 Å². The molecule has 0 radical (unpaired) electrons. The van der Waals surface area contributed by atoms with Gasteiger partial charge in [-0.2, -0.15) is 0 Å². The molecule has 9 heteroatoms. The molecule has 4 rings (SSSR count). The van der Waals surface area contributed by atoms with Crippen LogP contribution in [0.3, 0.4) is 0 Å². The molecule has 202 valence electrons. The number of hydrogen-bond acceptors (Lipinski definition) is 6. The summed E-state index contributed by atoms with van der Waals surface area (Å²) in [6.45, 7) is 6.37. The first kappa shape index (κ1) is 27.9. The number of carbonyl (C=O) groups excluding carboxylic acids is 2. The van der Waals surface area contributed by atoms with Crippen LogP contribution in [-0.4, -0.2) is 39.4 Å². The summed E-state index contributed by atoms with van der Waals surface area (Å²) < 4.78 is 7.17. The average molecular weight is 544 g/mol. The molecule has 0 aliphatic heterocycles. The van der Waals surface area contributed by atoms with Crippen molar-refractivity contribution in [2.24, 2.45) is 0 Å². The zero-order chi connectivity index (χ0) is 27.8. The second kappa shape index (κ2) is 13.1. The fraction of sp³-hybridized carbons (Fsp3) is 0.267. The van der Waals surface area contributed by atoms with Gasteiger partial charge < -0.3 is 15.4 Å². The third kappa shape index (κ3) is 6.86. The van der Waals surface area contributed by atoms with Gasteiger partial charge in [0.1, 0.15) is 5.75 Å². The van der Waals surface area contributed by atoms with Gasteiger partial charge in [-0.3, -0.25) is 14.2 Å². The Balaban J connectivity index is 1.59. The van der Waals surface area contributed by atoms with Crippen molar-refractivity contribution in [2.45, 2.75) is 45.3 Å². The molecule has 2 N–H and O–H groups in total. The number of nitrogens with zero attached hydrogens (tertiary/aromatic N) is 3. The first-order valence-corrected chi connectivity index (χ1v) is 13.9. The molecule has 1 heterocycles. The van der Waals surface area contributed by atoms with Gasteiger partial charge in [-0.1, -0.05) is 55.9 Å². The summed E-state index contributed by atoms with van der Waals surface area (Å²) in [7, 11) is 1.59. The number of amides is 2. The lowest BCUT2D eigenvalue weighted by atomic mass is 10.0. The fourth-order valence-corrected chi connectivity index (χ4v) is 5.05. The van der Waals surface area contributed by atoms with E-state index < -0.39 is 0 Å². The predicted molar refractivity (Wildman–Crippen MR) is 155 cm³/mol. The zero-order valence-corrected chi connectivity index (χ0v) is 23.5. The first-order valence-electron chi connectivity index (χ1n) is 12.9. The van der Waals surface area contributed by atoms with E-state index in [0.717, 1.165) is 40.9 Å². The molecule has 3 aromatic carbocycles. The Morgan fingerprint density at radius 1 is 0.949 bits per heavy atom. The van der Waals surface area contributed by atoms with Crippen LogP contribution in [-0.2, 0) is 24.2 Å². The lowest BCUT2D eigenvalue weighted by Crippen LogP contribution is -2.25. The van der Waals surface area contributed by atoms with Gasteiger partial charge in [0.25, 0.3) is 5.91 Å². The molecule has 8 nitrogen and oxygen atoms in total. The number of hydrogen-bond donors (Lipinski definition) is 2. The lowest BCUT2D eigenvalue weighted by Gasteiger charge is -2.18. The van der Waals surface area contributed by atoms with Gasteiger partial charge in [-0.05, 0) is 72.9 Å². The number of methoxy groups -OCH3 is 1. The molecule has 0 fully saturated rings. The molecule has 0 spiro atoms. The van der Waals surface area contributed by atoms with Crippen LogP contribution in [0.2, 0.25) is 0 Å². The molecule has 0 saturated heterocycles. The molecule has 39 heavy (non-hydrogen) atoms. The monoisotopic (exact) mass is 543 g/mol. The van der Waals surface area contributed by atoms with E-state index in [1.54, 1.807) is 31.4 Å². The molecule has 1 aromatic heterocycles. The number of aromatic nitrogens is 3. The van der Waals surface area contributed by atoms with Gasteiger partial charge >= 0.3 is 0 Å². The highest BCUT2D eigenvalue weighted by molar-refractivity contribution is 7.99. The standard InChI is InChI=1S/C30H33N5O3S/c1-5-21-10-8-11-22(6-2)28(21)35-26(18-31-29(37)23-13-15-25(38-4)16-14-23)33-34-30(35)39-19-27(36)32-24-12-7-9-20(3)17-24/h7-17H,5-6,18-19H2,1-4H3,(H,31,37)(H,32,36). The maximum atomic E-state index is 12.9. The highest BCUT2D eigenvalue weighted by Gasteiger charge is 2.21. The van der Waals surface area contributed by atoms with Crippen molar-refractivity contribution in [1.29, 1.82) is 0 Å². The van der Waals surface area contributed by atoms with Crippen molar-refractivity contribution < 1.29 is 14.3 Å². The summed E-state index contributed by atoms with van der Waals surface area (Å²) in [6.07, 6.45) is 1.63. The summed E-state index contributed by atoms with van der Waals surface area (Å²) in [5.74, 6) is 1.09. The summed E-state index contributed by atoms with van der Waals surface area (Å²) in [6, 6.07) is 20.9. The minimum Gasteiger partial charge on any atom is -0.497 e. The SMILES string of the molecule is CCc1cccc(CC)c1-n1c(CNC(=O)c2ccc(OC)cc2)nnc1SCC(=O)Nc1cccc(C)c1. The number of nitrogens with one attached hydrogen (secondary N) is 2. The topological polar surface area (TPSA) is 98.1 Å². The molecule has 0 saturated carbocycles. The number of anilines is 1. The molecule has 4 aromatic rings. The fourth-order valence-electron chi connectivity index (χ4n) is 4.29. The van der Waals surface area contributed by atoms with Gasteiger partial charge in [0.2, 0.25) is 5.91 Å². The Labute approximate surface area is 233 Å². The number of thioether (sulfide) groups is 1. The summed E-state index contributed by atoms with van der Waals surface area (Å²) >= 11 is 1.32. The number of aryl methyl sites for hydroxylation is 3. The van der Waals surface area contributed by atoms with Gasteiger partial charge in [0.15, 0.2) is 11.0 Å². The van der Waals surface area contributed by atoms with Crippen molar-refractivity contribution in [1.82, 2.24) is 20.1 Å². The normalized spacial score (nSPS) is 10.8. The van der Waals surface area contributed by atoms with E-state index in [1.165, 1.54) is 11.8 Å². The smallest absolute Gasteiger partial charge is 0.251 e. The van der Waals surface area contributed by atoms with E-state index in [4.69, 9.17) is 4.74 Å². The van der Waals surface area contributed by atoms with Crippen LogP contribution in [0.15, 0.2) is 71.9 Å². The van der Waals surface area contributed by atoms with E-state index >= 15 is 0 Å². The molecule has 2 amide bonds. The van der Waals surface area contributed by atoms with Crippen LogP contribution in [0.4, 0.5) is 5.69 Å². The molecular formula is C30H33N5O3S. The largest absolute Gasteiger partial charge is 0.497 e. The summed E-state index contributed by atoms with van der Waals surface area (Å²) in [5, 5.41) is 15.4. The third-order valence-corrected chi connectivity index (χ3v) is 7.21. The minimum atomic E-state index is -0.224. The second-order valence-corrected chi connectivity index (χ2v) is 9.93. The summed E-state index contributed by atoms with van der Waals surface area (Å²) in [5.41, 5.74) is 5.64. The van der Waals surface area contributed by atoms with E-state index in [-0.39, 0.29) is 24.1 Å². The number of carbonyl (C=O) groups is 2. The highest BCUT2D eigenvalue weighted by atomic mass is 32.2. The van der Waals surface area contributed by atoms with Crippen LogP contribution >= 0.6 is 11.8 Å². The Hall–Kier alpha value is -4.11.